The zero-order valence-corrected chi connectivity index (χ0v) is 11.4. The van der Waals surface area contributed by atoms with E-state index in [1.165, 1.54) is 6.26 Å². The molecule has 1 aromatic heterocycles. The van der Waals surface area contributed by atoms with Crippen LogP contribution in [-0.4, -0.2) is 19.1 Å². The molecule has 0 radical (unpaired) electrons. The van der Waals surface area contributed by atoms with Gasteiger partial charge in [-0.05, 0) is 18.2 Å². The van der Waals surface area contributed by atoms with Gasteiger partial charge in [0.25, 0.3) is 5.91 Å². The number of nitrogens with one attached hydrogen (secondary N) is 1. The minimum absolute atomic E-state index is 0.153. The fourth-order valence-electron chi connectivity index (χ4n) is 1.85. The number of nitrogen functional groups attached to an aromatic ring is 1. The van der Waals surface area contributed by atoms with Crippen molar-refractivity contribution in [3.63, 3.8) is 0 Å². The summed E-state index contributed by atoms with van der Waals surface area (Å²) in [5.41, 5.74) is 6.91. The van der Waals surface area contributed by atoms with E-state index in [-0.39, 0.29) is 5.91 Å². The lowest BCUT2D eigenvalue weighted by atomic mass is 10.2. The van der Waals surface area contributed by atoms with Gasteiger partial charge in [-0.15, -0.1) is 0 Å². The van der Waals surface area contributed by atoms with E-state index in [0.29, 0.717) is 42.3 Å². The van der Waals surface area contributed by atoms with Gasteiger partial charge in [0.05, 0.1) is 24.1 Å². The molecular formula is C15H18N2O3. The fourth-order valence-corrected chi connectivity index (χ4v) is 1.85. The van der Waals surface area contributed by atoms with Crippen LogP contribution in [0.2, 0.25) is 0 Å². The standard InChI is InChI=1S/C15H18N2O3/c1-2-13-11(7-9-19-13)15(18)17-8-10-20-14-6-4-3-5-12(14)16/h3-7,9H,2,8,10,16H2,1H3,(H,17,18). The van der Waals surface area contributed by atoms with Crippen LogP contribution in [0, 0.1) is 0 Å². The molecule has 1 aromatic carbocycles. The molecule has 2 rings (SSSR count). The number of nitrogens with two attached hydrogens (primary N) is 1. The topological polar surface area (TPSA) is 77.5 Å². The number of furan rings is 1. The molecule has 0 aliphatic rings. The Morgan fingerprint density at radius 3 is 2.90 bits per heavy atom. The van der Waals surface area contributed by atoms with Crippen molar-refractivity contribution in [3.8, 4) is 5.75 Å². The van der Waals surface area contributed by atoms with Crippen molar-refractivity contribution in [2.45, 2.75) is 13.3 Å². The van der Waals surface area contributed by atoms with Gasteiger partial charge in [0.15, 0.2) is 0 Å². The number of aryl methyl sites for hydroxylation is 1. The highest BCUT2D eigenvalue weighted by molar-refractivity contribution is 5.95. The average molecular weight is 274 g/mol. The molecule has 0 unspecified atom stereocenters. The molecular weight excluding hydrogens is 256 g/mol. The minimum atomic E-state index is -0.153. The van der Waals surface area contributed by atoms with Gasteiger partial charge in [-0.2, -0.15) is 0 Å². The molecule has 2 aromatic rings. The molecule has 0 spiro atoms. The molecule has 5 nitrogen and oxygen atoms in total. The minimum Gasteiger partial charge on any atom is -0.490 e. The lowest BCUT2D eigenvalue weighted by molar-refractivity contribution is 0.0945. The highest BCUT2D eigenvalue weighted by Gasteiger charge is 2.12. The van der Waals surface area contributed by atoms with Gasteiger partial charge in [0.2, 0.25) is 0 Å². The lowest BCUT2D eigenvalue weighted by Gasteiger charge is -2.09. The number of anilines is 1. The predicted molar refractivity (Wildman–Crippen MR) is 76.8 cm³/mol. The summed E-state index contributed by atoms with van der Waals surface area (Å²) >= 11 is 0. The molecule has 20 heavy (non-hydrogen) atoms. The van der Waals surface area contributed by atoms with Crippen molar-refractivity contribution in [2.75, 3.05) is 18.9 Å². The molecule has 1 amide bonds. The molecule has 0 atom stereocenters. The SMILES string of the molecule is CCc1occc1C(=O)NCCOc1ccccc1N. The van der Waals surface area contributed by atoms with E-state index in [0.717, 1.165) is 0 Å². The Morgan fingerprint density at radius 2 is 2.15 bits per heavy atom. The summed E-state index contributed by atoms with van der Waals surface area (Å²) in [5, 5.41) is 2.78. The first-order valence-electron chi connectivity index (χ1n) is 6.54. The van der Waals surface area contributed by atoms with Crippen molar-refractivity contribution < 1.29 is 13.9 Å². The highest BCUT2D eigenvalue weighted by atomic mass is 16.5. The quantitative estimate of drug-likeness (QED) is 0.625. The van der Waals surface area contributed by atoms with Crippen LogP contribution in [0.3, 0.4) is 0 Å². The van der Waals surface area contributed by atoms with Gasteiger partial charge in [0, 0.05) is 6.42 Å². The number of ether oxygens (including phenoxy) is 1. The monoisotopic (exact) mass is 274 g/mol. The molecule has 3 N–H and O–H groups in total. The number of hydrogen-bond donors (Lipinski definition) is 2. The summed E-state index contributed by atoms with van der Waals surface area (Å²) in [6.07, 6.45) is 2.21. The maximum Gasteiger partial charge on any atom is 0.254 e. The second-order valence-corrected chi connectivity index (χ2v) is 4.25. The Balaban J connectivity index is 1.79. The number of benzene rings is 1. The third-order valence-electron chi connectivity index (χ3n) is 2.88. The molecule has 0 bridgehead atoms. The third-order valence-corrected chi connectivity index (χ3v) is 2.88. The van der Waals surface area contributed by atoms with E-state index in [2.05, 4.69) is 5.32 Å². The predicted octanol–water partition coefficient (Wildman–Crippen LogP) is 2.23. The van der Waals surface area contributed by atoms with E-state index in [4.69, 9.17) is 14.9 Å². The second kappa shape index (κ2) is 6.65. The number of rotatable bonds is 6. The number of amides is 1. The van der Waals surface area contributed by atoms with Gasteiger partial charge in [-0.1, -0.05) is 19.1 Å². The molecule has 0 aliphatic carbocycles. The van der Waals surface area contributed by atoms with Crippen LogP contribution < -0.4 is 15.8 Å². The number of carbonyl (C=O) groups is 1. The summed E-state index contributed by atoms with van der Waals surface area (Å²) in [7, 11) is 0. The van der Waals surface area contributed by atoms with Crippen molar-refractivity contribution in [2.24, 2.45) is 0 Å². The molecule has 0 aliphatic heterocycles. The van der Waals surface area contributed by atoms with E-state index < -0.39 is 0 Å². The zero-order valence-electron chi connectivity index (χ0n) is 11.4. The molecule has 0 saturated carbocycles. The summed E-state index contributed by atoms with van der Waals surface area (Å²) in [6, 6.07) is 8.93. The van der Waals surface area contributed by atoms with Crippen molar-refractivity contribution in [1.29, 1.82) is 0 Å². The fraction of sp³-hybridized carbons (Fsp3) is 0.267. The van der Waals surface area contributed by atoms with E-state index in [1.807, 2.05) is 19.1 Å². The van der Waals surface area contributed by atoms with Crippen LogP contribution in [0.5, 0.6) is 5.75 Å². The Morgan fingerprint density at radius 1 is 1.35 bits per heavy atom. The van der Waals surface area contributed by atoms with E-state index in [1.54, 1.807) is 18.2 Å². The Bertz CT molecular complexity index is 578. The molecule has 0 fully saturated rings. The molecule has 5 heteroatoms. The third kappa shape index (κ3) is 3.32. The summed E-state index contributed by atoms with van der Waals surface area (Å²) < 4.78 is 10.7. The van der Waals surface area contributed by atoms with Crippen molar-refractivity contribution >= 4 is 11.6 Å². The van der Waals surface area contributed by atoms with Crippen LogP contribution in [-0.2, 0) is 6.42 Å². The molecule has 1 heterocycles. The molecule has 0 saturated heterocycles. The first-order chi connectivity index (χ1) is 9.72. The van der Waals surface area contributed by atoms with E-state index >= 15 is 0 Å². The first kappa shape index (κ1) is 14.0. The number of carbonyl (C=O) groups excluding carboxylic acids is 1. The lowest BCUT2D eigenvalue weighted by Crippen LogP contribution is -2.28. The summed E-state index contributed by atoms with van der Waals surface area (Å²) in [6.45, 7) is 2.71. The van der Waals surface area contributed by atoms with Crippen LogP contribution in [0.1, 0.15) is 23.0 Å². The number of hydrogen-bond acceptors (Lipinski definition) is 4. The number of para-hydroxylation sites is 2. The van der Waals surface area contributed by atoms with Crippen molar-refractivity contribution in [1.82, 2.24) is 5.32 Å². The van der Waals surface area contributed by atoms with E-state index in [9.17, 15) is 4.79 Å². The Kier molecular flexibility index (Phi) is 4.65. The van der Waals surface area contributed by atoms with Crippen LogP contribution in [0.15, 0.2) is 41.0 Å². The average Bonchev–Trinajstić information content (AvgIpc) is 2.93. The zero-order chi connectivity index (χ0) is 14.4. The maximum absolute atomic E-state index is 11.9. The van der Waals surface area contributed by atoms with Gasteiger partial charge >= 0.3 is 0 Å². The van der Waals surface area contributed by atoms with Gasteiger partial charge in [-0.25, -0.2) is 0 Å². The Hall–Kier alpha value is -2.43. The van der Waals surface area contributed by atoms with Crippen LogP contribution in [0.4, 0.5) is 5.69 Å². The smallest absolute Gasteiger partial charge is 0.254 e. The second-order valence-electron chi connectivity index (χ2n) is 4.25. The normalized spacial score (nSPS) is 10.2. The largest absolute Gasteiger partial charge is 0.490 e. The van der Waals surface area contributed by atoms with Crippen LogP contribution in [0.25, 0.3) is 0 Å². The van der Waals surface area contributed by atoms with Crippen LogP contribution >= 0.6 is 0 Å². The molecule has 106 valence electrons. The summed E-state index contributed by atoms with van der Waals surface area (Å²) in [4.78, 5) is 11.9. The van der Waals surface area contributed by atoms with Crippen molar-refractivity contribution in [3.05, 3.63) is 47.9 Å². The maximum atomic E-state index is 11.9. The van der Waals surface area contributed by atoms with Gasteiger partial charge in [-0.3, -0.25) is 4.79 Å². The first-order valence-corrected chi connectivity index (χ1v) is 6.54. The Labute approximate surface area is 117 Å². The summed E-state index contributed by atoms with van der Waals surface area (Å²) in [5.74, 6) is 1.16. The highest BCUT2D eigenvalue weighted by Crippen LogP contribution is 2.19. The van der Waals surface area contributed by atoms with Gasteiger partial charge < -0.3 is 20.2 Å². The van der Waals surface area contributed by atoms with Gasteiger partial charge in [0.1, 0.15) is 18.1 Å².